The topological polar surface area (TPSA) is 95.0 Å². The van der Waals surface area contributed by atoms with Crippen molar-refractivity contribution < 1.29 is 17.9 Å². The number of aryl methyl sites for hydroxylation is 1. The molecule has 1 aliphatic carbocycles. The minimum atomic E-state index is -4.49. The molecule has 38 heavy (non-hydrogen) atoms. The molecular weight excluding hydrogens is 497 g/mol. The summed E-state index contributed by atoms with van der Waals surface area (Å²) in [6.45, 7) is 0.402. The van der Waals surface area contributed by atoms with Gasteiger partial charge in [-0.15, -0.1) is 5.10 Å². The zero-order valence-electron chi connectivity index (χ0n) is 20.6. The number of aromatic nitrogens is 7. The van der Waals surface area contributed by atoms with Crippen molar-refractivity contribution in [2.24, 2.45) is 7.05 Å². The number of nitrogens with one attached hydrogen (secondary N) is 1. The SMILES string of the molecule is COc1ncnc(C2CC2)c1-c1nc(NCc2ccc(-c3nc(C(F)(F)F)cn3C)cc2)nn2cccc12. The lowest BCUT2D eigenvalue weighted by Gasteiger charge is -2.14. The number of benzene rings is 1. The molecule has 1 N–H and O–H groups in total. The molecule has 0 atom stereocenters. The number of halogens is 3. The smallest absolute Gasteiger partial charge is 0.434 e. The van der Waals surface area contributed by atoms with Crippen molar-refractivity contribution in [2.45, 2.75) is 31.5 Å². The Hall–Kier alpha value is -4.48. The van der Waals surface area contributed by atoms with Crippen LogP contribution in [0, 0.1) is 0 Å². The van der Waals surface area contributed by atoms with Crippen molar-refractivity contribution in [3.63, 3.8) is 0 Å². The maximum atomic E-state index is 13.0. The Bertz CT molecular complexity index is 1620. The van der Waals surface area contributed by atoms with Gasteiger partial charge < -0.3 is 14.6 Å². The van der Waals surface area contributed by atoms with E-state index in [0.29, 0.717) is 35.5 Å². The van der Waals surface area contributed by atoms with E-state index in [1.807, 2.05) is 30.5 Å². The van der Waals surface area contributed by atoms with E-state index in [0.717, 1.165) is 41.4 Å². The first kappa shape index (κ1) is 23.9. The maximum absolute atomic E-state index is 13.0. The van der Waals surface area contributed by atoms with Crippen LogP contribution >= 0.6 is 0 Å². The summed E-state index contributed by atoms with van der Waals surface area (Å²) < 4.78 is 47.8. The molecule has 0 amide bonds. The second-order valence-electron chi connectivity index (χ2n) is 9.15. The third kappa shape index (κ3) is 4.42. The Morgan fingerprint density at radius 1 is 1.08 bits per heavy atom. The Morgan fingerprint density at radius 2 is 1.87 bits per heavy atom. The second kappa shape index (κ2) is 9.12. The lowest BCUT2D eigenvalue weighted by Crippen LogP contribution is -2.09. The van der Waals surface area contributed by atoms with Crippen LogP contribution in [0.15, 0.2) is 55.1 Å². The maximum Gasteiger partial charge on any atom is 0.434 e. The molecule has 0 unspecified atom stereocenters. The molecule has 1 aliphatic rings. The molecule has 12 heteroatoms. The van der Waals surface area contributed by atoms with Gasteiger partial charge in [0.1, 0.15) is 17.8 Å². The molecule has 0 saturated heterocycles. The second-order valence-corrected chi connectivity index (χ2v) is 9.15. The van der Waals surface area contributed by atoms with Gasteiger partial charge in [0.15, 0.2) is 5.69 Å². The Labute approximate surface area is 215 Å². The molecule has 1 saturated carbocycles. The normalized spacial score (nSPS) is 13.7. The van der Waals surface area contributed by atoms with Gasteiger partial charge in [-0.1, -0.05) is 24.3 Å². The first-order valence-electron chi connectivity index (χ1n) is 12.0. The van der Waals surface area contributed by atoms with Crippen LogP contribution in [-0.2, 0) is 19.8 Å². The van der Waals surface area contributed by atoms with E-state index >= 15 is 0 Å². The van der Waals surface area contributed by atoms with Crippen LogP contribution in [0.3, 0.4) is 0 Å². The van der Waals surface area contributed by atoms with E-state index in [2.05, 4.69) is 25.4 Å². The van der Waals surface area contributed by atoms with Crippen LogP contribution in [0.5, 0.6) is 5.88 Å². The summed E-state index contributed by atoms with van der Waals surface area (Å²) in [6, 6.07) is 11.0. The van der Waals surface area contributed by atoms with Gasteiger partial charge in [0, 0.05) is 37.5 Å². The predicted molar refractivity (Wildman–Crippen MR) is 134 cm³/mol. The van der Waals surface area contributed by atoms with Crippen molar-refractivity contribution in [3.8, 4) is 28.5 Å². The molecule has 5 aromatic rings. The average molecular weight is 521 g/mol. The number of rotatable bonds is 7. The van der Waals surface area contributed by atoms with Crippen LogP contribution in [0.1, 0.15) is 35.7 Å². The largest absolute Gasteiger partial charge is 0.480 e. The fraction of sp³-hybridized carbons (Fsp3) is 0.269. The highest BCUT2D eigenvalue weighted by atomic mass is 19.4. The van der Waals surface area contributed by atoms with E-state index in [1.54, 1.807) is 30.8 Å². The fourth-order valence-electron chi connectivity index (χ4n) is 4.44. The molecule has 194 valence electrons. The number of nitrogens with zero attached hydrogens (tertiary/aromatic N) is 7. The van der Waals surface area contributed by atoms with Gasteiger partial charge in [-0.3, -0.25) is 0 Å². The number of imidazole rings is 1. The fourth-order valence-corrected chi connectivity index (χ4v) is 4.44. The van der Waals surface area contributed by atoms with Gasteiger partial charge in [-0.25, -0.2) is 24.5 Å². The molecule has 0 aliphatic heterocycles. The number of methoxy groups -OCH3 is 1. The lowest BCUT2D eigenvalue weighted by atomic mass is 10.1. The lowest BCUT2D eigenvalue weighted by molar-refractivity contribution is -0.140. The quantitative estimate of drug-likeness (QED) is 0.319. The number of hydrogen-bond donors (Lipinski definition) is 1. The van der Waals surface area contributed by atoms with Crippen molar-refractivity contribution in [1.29, 1.82) is 0 Å². The zero-order chi connectivity index (χ0) is 26.4. The van der Waals surface area contributed by atoms with E-state index in [1.165, 1.54) is 10.9 Å². The first-order valence-corrected chi connectivity index (χ1v) is 12.0. The summed E-state index contributed by atoms with van der Waals surface area (Å²) >= 11 is 0. The van der Waals surface area contributed by atoms with Crippen molar-refractivity contribution in [2.75, 3.05) is 12.4 Å². The monoisotopic (exact) mass is 520 g/mol. The molecule has 0 radical (unpaired) electrons. The number of alkyl halides is 3. The van der Waals surface area contributed by atoms with E-state index < -0.39 is 11.9 Å². The summed E-state index contributed by atoms with van der Waals surface area (Å²) in [7, 11) is 3.12. The van der Waals surface area contributed by atoms with Gasteiger partial charge in [0.2, 0.25) is 11.8 Å². The minimum absolute atomic E-state index is 0.244. The van der Waals surface area contributed by atoms with Crippen LogP contribution < -0.4 is 10.1 Å². The van der Waals surface area contributed by atoms with Crippen molar-refractivity contribution in [1.82, 2.24) is 34.1 Å². The number of hydrogen-bond acceptors (Lipinski definition) is 7. The van der Waals surface area contributed by atoms with Gasteiger partial charge in [-0.05, 0) is 30.5 Å². The van der Waals surface area contributed by atoms with Crippen LogP contribution in [0.2, 0.25) is 0 Å². The van der Waals surface area contributed by atoms with Gasteiger partial charge in [0.05, 0.1) is 23.9 Å². The molecule has 6 rings (SSSR count). The molecular formula is C26H23F3N8O. The first-order chi connectivity index (χ1) is 18.3. The van der Waals surface area contributed by atoms with Crippen molar-refractivity contribution >= 4 is 11.5 Å². The Morgan fingerprint density at radius 3 is 2.55 bits per heavy atom. The van der Waals surface area contributed by atoms with Crippen LogP contribution in [0.25, 0.3) is 28.2 Å². The van der Waals surface area contributed by atoms with E-state index in [4.69, 9.17) is 9.72 Å². The minimum Gasteiger partial charge on any atom is -0.480 e. The van der Waals surface area contributed by atoms with Gasteiger partial charge in [-0.2, -0.15) is 13.2 Å². The standard InChI is InChI=1S/C26H23F3N8O/c1-36-13-19(26(27,28)29)33-23(36)17-7-5-15(6-8-17)12-30-25-34-22(18-4-3-11-37(18)35-25)20-21(16-9-10-16)31-14-32-24(20)38-2/h3-8,11,13-14,16H,9-10,12H2,1-2H3,(H,30,35). The summed E-state index contributed by atoms with van der Waals surface area (Å²) in [4.78, 5) is 17.4. The van der Waals surface area contributed by atoms with Crippen molar-refractivity contribution in [3.05, 3.63) is 72.1 Å². The molecule has 9 nitrogen and oxygen atoms in total. The van der Waals surface area contributed by atoms with E-state index in [-0.39, 0.29) is 5.82 Å². The highest BCUT2D eigenvalue weighted by Crippen LogP contribution is 2.46. The molecule has 4 aromatic heterocycles. The Balaban J connectivity index is 1.28. The number of ether oxygens (including phenoxy) is 1. The highest BCUT2D eigenvalue weighted by molar-refractivity contribution is 5.82. The summed E-state index contributed by atoms with van der Waals surface area (Å²) in [6.07, 6.45) is 1.98. The summed E-state index contributed by atoms with van der Waals surface area (Å²) in [5.74, 6) is 1.47. The average Bonchev–Trinajstić information content (AvgIpc) is 3.51. The van der Waals surface area contributed by atoms with Gasteiger partial charge >= 0.3 is 6.18 Å². The predicted octanol–water partition coefficient (Wildman–Crippen LogP) is 5.10. The van der Waals surface area contributed by atoms with E-state index in [9.17, 15) is 13.2 Å². The number of anilines is 1. The summed E-state index contributed by atoms with van der Waals surface area (Å²) in [5, 5.41) is 7.83. The third-order valence-electron chi connectivity index (χ3n) is 6.46. The Kier molecular flexibility index (Phi) is 5.73. The molecule has 0 spiro atoms. The molecule has 4 heterocycles. The van der Waals surface area contributed by atoms with Gasteiger partial charge in [0.25, 0.3) is 0 Å². The third-order valence-corrected chi connectivity index (χ3v) is 6.46. The van der Waals surface area contributed by atoms with Crippen LogP contribution in [-0.4, -0.2) is 41.2 Å². The zero-order valence-corrected chi connectivity index (χ0v) is 20.6. The van der Waals surface area contributed by atoms with Crippen LogP contribution in [0.4, 0.5) is 19.1 Å². The molecule has 1 fully saturated rings. The molecule has 0 bridgehead atoms. The number of fused-ring (bicyclic) bond motifs is 1. The highest BCUT2D eigenvalue weighted by Gasteiger charge is 2.34. The molecule has 1 aromatic carbocycles. The summed E-state index contributed by atoms with van der Waals surface area (Å²) in [5.41, 5.74) is 3.74.